The van der Waals surface area contributed by atoms with Crippen LogP contribution in [-0.4, -0.2) is 66.2 Å². The number of hydrogen-bond donors (Lipinski definition) is 2. The van der Waals surface area contributed by atoms with Gasteiger partial charge >= 0.3 is 6.03 Å². The first-order valence-corrected chi connectivity index (χ1v) is 19.9. The fourth-order valence-electron chi connectivity index (χ4n) is 5.51. The Kier molecular flexibility index (Phi) is 28.8. The van der Waals surface area contributed by atoms with Crippen molar-refractivity contribution in [2.75, 3.05) is 50.0 Å². The van der Waals surface area contributed by atoms with Gasteiger partial charge in [0.25, 0.3) is 0 Å². The van der Waals surface area contributed by atoms with Crippen LogP contribution < -0.4 is 10.6 Å². The summed E-state index contributed by atoms with van der Waals surface area (Å²) in [5.74, 6) is 3.67. The molecule has 0 aromatic rings. The third-order valence-electron chi connectivity index (χ3n) is 8.20. The van der Waals surface area contributed by atoms with Gasteiger partial charge in [0.2, 0.25) is 0 Å². The SMILES string of the molecule is CCCCCCCCCCCCSCC(CNC(=O)NCCN1CCCC1)SCCCCCCCCCCCC. The zero-order valence-electron chi connectivity index (χ0n) is 27.0. The van der Waals surface area contributed by atoms with Crippen LogP contribution >= 0.6 is 23.5 Å². The van der Waals surface area contributed by atoms with Crippen LogP contribution in [0.25, 0.3) is 0 Å². The van der Waals surface area contributed by atoms with E-state index < -0.39 is 0 Å². The molecular weight excluding hydrogens is 531 g/mol. The molecule has 1 unspecified atom stereocenters. The van der Waals surface area contributed by atoms with Crippen molar-refractivity contribution in [1.29, 1.82) is 0 Å². The highest BCUT2D eigenvalue weighted by Crippen LogP contribution is 2.20. The number of rotatable bonds is 30. The average molecular weight is 600 g/mol. The summed E-state index contributed by atoms with van der Waals surface area (Å²) in [5, 5.41) is 6.80. The van der Waals surface area contributed by atoms with Gasteiger partial charge in [-0.1, -0.05) is 129 Å². The Morgan fingerprint density at radius 1 is 0.650 bits per heavy atom. The summed E-state index contributed by atoms with van der Waals surface area (Å²) < 4.78 is 0. The van der Waals surface area contributed by atoms with Crippen molar-refractivity contribution in [3.05, 3.63) is 0 Å². The van der Waals surface area contributed by atoms with Crippen molar-refractivity contribution in [2.24, 2.45) is 0 Å². The van der Waals surface area contributed by atoms with Crippen LogP contribution in [0.15, 0.2) is 0 Å². The molecule has 0 radical (unpaired) electrons. The highest BCUT2D eigenvalue weighted by atomic mass is 32.2. The summed E-state index contributed by atoms with van der Waals surface area (Å²) in [4.78, 5) is 14.9. The maximum absolute atomic E-state index is 12.4. The fourth-order valence-corrected chi connectivity index (χ4v) is 8.05. The number of amides is 2. The van der Waals surface area contributed by atoms with E-state index in [-0.39, 0.29) is 6.03 Å². The first-order chi connectivity index (χ1) is 19.8. The number of carbonyl (C=O) groups is 1. The molecule has 1 heterocycles. The highest BCUT2D eigenvalue weighted by molar-refractivity contribution is 8.03. The van der Waals surface area contributed by atoms with E-state index in [4.69, 9.17) is 0 Å². The van der Waals surface area contributed by atoms with Crippen LogP contribution in [0.3, 0.4) is 0 Å². The maximum atomic E-state index is 12.4. The monoisotopic (exact) mass is 599 g/mol. The maximum Gasteiger partial charge on any atom is 0.314 e. The van der Waals surface area contributed by atoms with Crippen LogP contribution in [0, 0.1) is 0 Å². The van der Waals surface area contributed by atoms with Crippen LogP contribution in [0.5, 0.6) is 0 Å². The molecule has 0 aliphatic carbocycles. The lowest BCUT2D eigenvalue weighted by atomic mass is 10.1. The Balaban J connectivity index is 2.13. The van der Waals surface area contributed by atoms with E-state index in [2.05, 4.69) is 52.9 Å². The minimum atomic E-state index is 0.0171. The summed E-state index contributed by atoms with van der Waals surface area (Å²) in [6.07, 6.45) is 30.6. The number of nitrogens with zero attached hydrogens (tertiary/aromatic N) is 1. The van der Waals surface area contributed by atoms with E-state index in [0.29, 0.717) is 5.25 Å². The minimum absolute atomic E-state index is 0.0171. The molecule has 1 atom stereocenters. The van der Waals surface area contributed by atoms with Crippen LogP contribution in [0.4, 0.5) is 4.79 Å². The molecule has 1 rings (SSSR count). The van der Waals surface area contributed by atoms with Gasteiger partial charge in [-0.3, -0.25) is 0 Å². The topological polar surface area (TPSA) is 44.4 Å². The van der Waals surface area contributed by atoms with E-state index in [9.17, 15) is 4.79 Å². The minimum Gasteiger partial charge on any atom is -0.337 e. The van der Waals surface area contributed by atoms with Gasteiger partial charge in [-0.25, -0.2) is 4.79 Å². The molecule has 1 fully saturated rings. The normalized spacial score (nSPS) is 14.6. The van der Waals surface area contributed by atoms with E-state index in [1.807, 2.05) is 0 Å². The quantitative estimate of drug-likeness (QED) is 0.0806. The van der Waals surface area contributed by atoms with Crippen LogP contribution in [0.1, 0.15) is 155 Å². The molecule has 238 valence electrons. The largest absolute Gasteiger partial charge is 0.337 e. The molecule has 0 saturated carbocycles. The highest BCUT2D eigenvalue weighted by Gasteiger charge is 2.13. The van der Waals surface area contributed by atoms with Crippen molar-refractivity contribution < 1.29 is 4.79 Å². The second kappa shape index (κ2) is 30.4. The first kappa shape index (κ1) is 38.0. The molecule has 2 N–H and O–H groups in total. The Bertz CT molecular complexity index is 531. The molecule has 0 bridgehead atoms. The van der Waals surface area contributed by atoms with E-state index in [1.165, 1.54) is 166 Å². The van der Waals surface area contributed by atoms with Crippen LogP contribution in [0.2, 0.25) is 0 Å². The Morgan fingerprint density at radius 2 is 1.12 bits per heavy atom. The first-order valence-electron chi connectivity index (χ1n) is 17.7. The summed E-state index contributed by atoms with van der Waals surface area (Å²) in [7, 11) is 0. The summed E-state index contributed by atoms with van der Waals surface area (Å²) in [6, 6.07) is 0.0171. The van der Waals surface area contributed by atoms with Gasteiger partial charge in [0.15, 0.2) is 0 Å². The van der Waals surface area contributed by atoms with Crippen molar-refractivity contribution in [1.82, 2.24) is 15.5 Å². The lowest BCUT2D eigenvalue weighted by molar-refractivity contribution is 0.238. The molecule has 0 spiro atoms. The third-order valence-corrected chi connectivity index (χ3v) is 11.0. The average Bonchev–Trinajstić information content (AvgIpc) is 3.48. The van der Waals surface area contributed by atoms with Crippen molar-refractivity contribution >= 4 is 29.6 Å². The van der Waals surface area contributed by atoms with Gasteiger partial charge in [0, 0.05) is 30.6 Å². The number of carbonyl (C=O) groups excluding carboxylic acids is 1. The van der Waals surface area contributed by atoms with Gasteiger partial charge < -0.3 is 15.5 Å². The molecule has 40 heavy (non-hydrogen) atoms. The molecule has 2 amide bonds. The summed E-state index contributed by atoms with van der Waals surface area (Å²) in [5.41, 5.74) is 0. The Labute approximate surface area is 259 Å². The predicted molar refractivity (Wildman–Crippen MR) is 184 cm³/mol. The van der Waals surface area contributed by atoms with Crippen molar-refractivity contribution in [3.8, 4) is 0 Å². The predicted octanol–water partition coefficient (Wildman–Crippen LogP) is 10.1. The van der Waals surface area contributed by atoms with Gasteiger partial charge in [0.05, 0.1) is 0 Å². The standard InChI is InChI=1S/C34H69N3OS2/c1-3-5-7-9-11-13-15-17-19-23-29-39-32-33(31-36-34(38)35-25-28-37-26-21-22-27-37)40-30-24-20-18-16-14-12-10-8-6-4-2/h33H,3-32H2,1-2H3,(H2,35,36,38). The second-order valence-electron chi connectivity index (χ2n) is 12.1. The fraction of sp³-hybridized carbons (Fsp3) is 0.971. The van der Waals surface area contributed by atoms with Gasteiger partial charge in [-0.2, -0.15) is 23.5 Å². The number of thioether (sulfide) groups is 2. The Morgan fingerprint density at radius 3 is 1.65 bits per heavy atom. The zero-order chi connectivity index (χ0) is 28.8. The summed E-state index contributed by atoms with van der Waals surface area (Å²) >= 11 is 4.21. The summed E-state index contributed by atoms with van der Waals surface area (Å²) in [6.45, 7) is 9.51. The van der Waals surface area contributed by atoms with Crippen molar-refractivity contribution in [2.45, 2.75) is 160 Å². The number of nitrogens with one attached hydrogen (secondary N) is 2. The molecule has 0 aromatic heterocycles. The van der Waals surface area contributed by atoms with Crippen LogP contribution in [-0.2, 0) is 0 Å². The van der Waals surface area contributed by atoms with Crippen molar-refractivity contribution in [3.63, 3.8) is 0 Å². The van der Waals surface area contributed by atoms with Gasteiger partial charge in [-0.05, 0) is 50.3 Å². The Hall–Kier alpha value is -0.0700. The lowest BCUT2D eigenvalue weighted by Gasteiger charge is -2.18. The van der Waals surface area contributed by atoms with Gasteiger partial charge in [-0.15, -0.1) is 0 Å². The smallest absolute Gasteiger partial charge is 0.314 e. The molecular formula is C34H69N3OS2. The second-order valence-corrected chi connectivity index (χ2v) is 14.7. The molecule has 0 aromatic carbocycles. The molecule has 1 saturated heterocycles. The molecule has 1 aliphatic heterocycles. The number of urea groups is 1. The number of hydrogen-bond acceptors (Lipinski definition) is 4. The number of unbranched alkanes of at least 4 members (excludes halogenated alkanes) is 18. The van der Waals surface area contributed by atoms with Gasteiger partial charge in [0.1, 0.15) is 0 Å². The molecule has 1 aliphatic rings. The van der Waals surface area contributed by atoms with E-state index >= 15 is 0 Å². The van der Waals surface area contributed by atoms with E-state index in [0.717, 1.165) is 25.4 Å². The van der Waals surface area contributed by atoms with E-state index in [1.54, 1.807) is 0 Å². The molecule has 4 nitrogen and oxygen atoms in total. The number of likely N-dealkylation sites (tertiary alicyclic amines) is 1. The molecule has 6 heteroatoms. The zero-order valence-corrected chi connectivity index (χ0v) is 28.6. The third kappa shape index (κ3) is 25.6. The lowest BCUT2D eigenvalue weighted by Crippen LogP contribution is -2.42.